The Kier molecular flexibility index (Phi) is 8.82. The van der Waals surface area contributed by atoms with Crippen LogP contribution < -0.4 is 19.1 Å². The SMILES string of the molecule is CCC(CC)N(CCOC)c1c(OC)nn2c(-c3c(OC)cc(COC)cc3OC)csc12. The molecule has 0 aliphatic rings. The molecule has 2 heterocycles. The van der Waals surface area contributed by atoms with E-state index in [1.165, 1.54) is 0 Å². The number of methoxy groups -OCH3 is 5. The highest BCUT2D eigenvalue weighted by atomic mass is 32.1. The minimum Gasteiger partial charge on any atom is -0.496 e. The van der Waals surface area contributed by atoms with Crippen molar-refractivity contribution in [1.29, 1.82) is 0 Å². The molecule has 3 rings (SSSR count). The van der Waals surface area contributed by atoms with Crippen LogP contribution in [0.15, 0.2) is 17.5 Å². The van der Waals surface area contributed by atoms with Gasteiger partial charge in [-0.2, -0.15) is 0 Å². The van der Waals surface area contributed by atoms with E-state index in [4.69, 9.17) is 28.8 Å². The zero-order valence-corrected chi connectivity index (χ0v) is 21.5. The van der Waals surface area contributed by atoms with E-state index in [1.807, 2.05) is 16.6 Å². The highest BCUT2D eigenvalue weighted by molar-refractivity contribution is 7.16. The third-order valence-corrected chi connectivity index (χ3v) is 6.76. The first-order chi connectivity index (χ1) is 16.1. The van der Waals surface area contributed by atoms with Crippen molar-refractivity contribution in [3.05, 3.63) is 23.1 Å². The Bertz CT molecular complexity index is 1020. The number of ether oxygens (including phenoxy) is 5. The molecule has 0 spiro atoms. The summed E-state index contributed by atoms with van der Waals surface area (Å²) in [6.45, 7) is 6.26. The average Bonchev–Trinajstić information content (AvgIpc) is 3.40. The molecule has 0 amide bonds. The van der Waals surface area contributed by atoms with Crippen molar-refractivity contribution in [2.45, 2.75) is 39.3 Å². The van der Waals surface area contributed by atoms with Crippen LogP contribution in [0.2, 0.25) is 0 Å². The first kappa shape index (κ1) is 25.1. The standard InChI is InChI=1S/C24H35N3O5S/c1-8-17(9-2)26(10-11-28-3)22-23(32-7)25-27-18(15-33-24(22)27)21-19(30-5)12-16(14-29-4)13-20(21)31-6/h12-13,15,17H,8-11,14H2,1-7H3. The normalized spacial score (nSPS) is 11.4. The van der Waals surface area contributed by atoms with Crippen LogP contribution >= 0.6 is 11.3 Å². The predicted molar refractivity (Wildman–Crippen MR) is 132 cm³/mol. The molecule has 33 heavy (non-hydrogen) atoms. The summed E-state index contributed by atoms with van der Waals surface area (Å²) in [4.78, 5) is 3.37. The molecular weight excluding hydrogens is 442 g/mol. The number of benzene rings is 1. The van der Waals surface area contributed by atoms with Crippen LogP contribution in [0, 0.1) is 0 Å². The lowest BCUT2D eigenvalue weighted by atomic mass is 10.1. The van der Waals surface area contributed by atoms with Gasteiger partial charge < -0.3 is 28.6 Å². The fourth-order valence-electron chi connectivity index (χ4n) is 4.22. The summed E-state index contributed by atoms with van der Waals surface area (Å²) in [5.74, 6) is 2.00. The lowest BCUT2D eigenvalue weighted by Crippen LogP contribution is -2.37. The Balaban J connectivity index is 2.22. The molecule has 0 N–H and O–H groups in total. The van der Waals surface area contributed by atoms with Crippen LogP contribution in [0.5, 0.6) is 17.4 Å². The highest BCUT2D eigenvalue weighted by Crippen LogP contribution is 2.45. The molecule has 182 valence electrons. The molecule has 0 aliphatic carbocycles. The number of aromatic nitrogens is 2. The van der Waals surface area contributed by atoms with Crippen molar-refractivity contribution < 1.29 is 23.7 Å². The summed E-state index contributed by atoms with van der Waals surface area (Å²) >= 11 is 1.63. The molecule has 0 saturated carbocycles. The van der Waals surface area contributed by atoms with Crippen LogP contribution in [0.4, 0.5) is 5.69 Å². The quantitative estimate of drug-likeness (QED) is 0.348. The monoisotopic (exact) mass is 477 g/mol. The van der Waals surface area contributed by atoms with Gasteiger partial charge >= 0.3 is 0 Å². The largest absolute Gasteiger partial charge is 0.496 e. The summed E-state index contributed by atoms with van der Waals surface area (Å²) in [5, 5.41) is 6.93. The van der Waals surface area contributed by atoms with Gasteiger partial charge in [-0.3, -0.25) is 0 Å². The topological polar surface area (TPSA) is 66.7 Å². The minimum atomic E-state index is 0.352. The second-order valence-corrected chi connectivity index (χ2v) is 8.52. The van der Waals surface area contributed by atoms with E-state index in [2.05, 4.69) is 24.1 Å². The van der Waals surface area contributed by atoms with Crippen LogP contribution in [-0.4, -0.2) is 64.4 Å². The minimum absolute atomic E-state index is 0.352. The third kappa shape index (κ3) is 4.90. The summed E-state index contributed by atoms with van der Waals surface area (Å²) in [7, 11) is 8.38. The number of hydrogen-bond acceptors (Lipinski definition) is 8. The van der Waals surface area contributed by atoms with Gasteiger partial charge in [0.1, 0.15) is 22.0 Å². The third-order valence-electron chi connectivity index (χ3n) is 5.83. The molecule has 9 heteroatoms. The summed E-state index contributed by atoms with van der Waals surface area (Å²) in [6.07, 6.45) is 2.03. The predicted octanol–water partition coefficient (Wildman–Crippen LogP) is 4.88. The molecule has 1 aromatic carbocycles. The van der Waals surface area contributed by atoms with E-state index in [1.54, 1.807) is 46.9 Å². The maximum absolute atomic E-state index is 5.76. The summed E-state index contributed by atoms with van der Waals surface area (Å²) < 4.78 is 29.9. The Morgan fingerprint density at radius 1 is 0.970 bits per heavy atom. The van der Waals surface area contributed by atoms with Crippen LogP contribution in [0.25, 0.3) is 16.1 Å². The van der Waals surface area contributed by atoms with Gasteiger partial charge in [-0.1, -0.05) is 13.8 Å². The van der Waals surface area contributed by atoms with E-state index < -0.39 is 0 Å². The van der Waals surface area contributed by atoms with Crippen molar-refractivity contribution in [2.75, 3.05) is 53.6 Å². The van der Waals surface area contributed by atoms with E-state index in [-0.39, 0.29) is 0 Å². The maximum Gasteiger partial charge on any atom is 0.258 e. The van der Waals surface area contributed by atoms with Crippen molar-refractivity contribution in [2.24, 2.45) is 0 Å². The first-order valence-corrected chi connectivity index (χ1v) is 12.0. The van der Waals surface area contributed by atoms with Crippen LogP contribution in [0.1, 0.15) is 32.3 Å². The molecule has 8 nitrogen and oxygen atoms in total. The second kappa shape index (κ2) is 11.6. The lowest BCUT2D eigenvalue weighted by Gasteiger charge is -2.31. The fourth-order valence-corrected chi connectivity index (χ4v) is 5.21. The van der Waals surface area contributed by atoms with Crippen molar-refractivity contribution in [1.82, 2.24) is 9.61 Å². The van der Waals surface area contributed by atoms with Crippen molar-refractivity contribution in [3.8, 4) is 28.6 Å². The first-order valence-electron chi connectivity index (χ1n) is 11.1. The Labute approximate surface area is 200 Å². The number of fused-ring (bicyclic) bond motifs is 1. The zero-order valence-electron chi connectivity index (χ0n) is 20.6. The molecular formula is C24H35N3O5S. The van der Waals surface area contributed by atoms with Gasteiger partial charge in [0.05, 0.1) is 45.8 Å². The van der Waals surface area contributed by atoms with Gasteiger partial charge in [-0.15, -0.1) is 16.4 Å². The van der Waals surface area contributed by atoms with Crippen LogP contribution in [-0.2, 0) is 16.1 Å². The summed E-state index contributed by atoms with van der Waals surface area (Å²) in [5.41, 5.74) is 3.69. The summed E-state index contributed by atoms with van der Waals surface area (Å²) in [6, 6.07) is 4.30. The molecule has 2 aromatic heterocycles. The lowest BCUT2D eigenvalue weighted by molar-refractivity contribution is 0.184. The van der Waals surface area contributed by atoms with E-state index in [9.17, 15) is 0 Å². The van der Waals surface area contributed by atoms with Gasteiger partial charge in [0.25, 0.3) is 5.88 Å². The molecule has 0 fully saturated rings. The Hall–Kier alpha value is -2.49. The van der Waals surface area contributed by atoms with E-state index in [0.29, 0.717) is 36.6 Å². The van der Waals surface area contributed by atoms with E-state index >= 15 is 0 Å². The van der Waals surface area contributed by atoms with Gasteiger partial charge in [0, 0.05) is 32.2 Å². The molecule has 3 aromatic rings. The Morgan fingerprint density at radius 3 is 2.15 bits per heavy atom. The number of thiazole rings is 1. The molecule has 0 saturated heterocycles. The number of rotatable bonds is 13. The van der Waals surface area contributed by atoms with Crippen molar-refractivity contribution in [3.63, 3.8) is 0 Å². The second-order valence-electron chi connectivity index (χ2n) is 7.66. The Morgan fingerprint density at radius 2 is 1.64 bits per heavy atom. The van der Waals surface area contributed by atoms with Gasteiger partial charge in [-0.05, 0) is 30.5 Å². The molecule has 0 atom stereocenters. The average molecular weight is 478 g/mol. The molecule has 0 bridgehead atoms. The molecule has 0 aliphatic heterocycles. The molecule has 0 radical (unpaired) electrons. The number of hydrogen-bond donors (Lipinski definition) is 0. The van der Waals surface area contributed by atoms with Gasteiger partial charge in [-0.25, -0.2) is 4.52 Å². The van der Waals surface area contributed by atoms with Gasteiger partial charge in [0.2, 0.25) is 0 Å². The van der Waals surface area contributed by atoms with Crippen molar-refractivity contribution >= 4 is 21.9 Å². The number of nitrogens with zero attached hydrogens (tertiary/aromatic N) is 3. The maximum atomic E-state index is 5.76. The smallest absolute Gasteiger partial charge is 0.258 e. The van der Waals surface area contributed by atoms with Gasteiger partial charge in [0.15, 0.2) is 0 Å². The fraction of sp³-hybridized carbons (Fsp3) is 0.542. The van der Waals surface area contributed by atoms with E-state index in [0.717, 1.165) is 46.7 Å². The zero-order chi connectivity index (χ0) is 24.0. The highest BCUT2D eigenvalue weighted by Gasteiger charge is 2.28. The number of anilines is 1. The van der Waals surface area contributed by atoms with Crippen LogP contribution in [0.3, 0.4) is 0 Å². The molecule has 0 unspecified atom stereocenters.